The maximum atomic E-state index is 11.8. The smallest absolute Gasteiger partial charge is 0.314 e. The van der Waals surface area contributed by atoms with Crippen molar-refractivity contribution in [2.75, 3.05) is 0 Å². The largest absolute Gasteiger partial charge is 0.489 e. The Balaban J connectivity index is 1.90. The first-order valence-corrected chi connectivity index (χ1v) is 8.11. The average molecular weight is 339 g/mol. The highest BCUT2D eigenvalue weighted by atomic mass is 79.9. The summed E-state index contributed by atoms with van der Waals surface area (Å²) in [5.74, 6) is 0.132. The third kappa shape index (κ3) is 2.58. The van der Waals surface area contributed by atoms with Gasteiger partial charge in [-0.2, -0.15) is 0 Å². The fraction of sp³-hybridized carbons (Fsp3) is 0.562. The quantitative estimate of drug-likeness (QED) is 0.891. The zero-order valence-electron chi connectivity index (χ0n) is 11.4. The summed E-state index contributed by atoms with van der Waals surface area (Å²) in [6.07, 6.45) is 7.17. The van der Waals surface area contributed by atoms with Gasteiger partial charge in [-0.1, -0.05) is 25.3 Å². The molecular formula is C16H19BrO3. The van der Waals surface area contributed by atoms with Crippen molar-refractivity contribution in [1.82, 2.24) is 0 Å². The molecule has 1 N–H and O–H groups in total. The van der Waals surface area contributed by atoms with Gasteiger partial charge < -0.3 is 9.84 Å². The predicted octanol–water partition coefficient (Wildman–Crippen LogP) is 4.28. The summed E-state index contributed by atoms with van der Waals surface area (Å²) in [7, 11) is 0. The monoisotopic (exact) mass is 338 g/mol. The van der Waals surface area contributed by atoms with Crippen molar-refractivity contribution in [1.29, 1.82) is 0 Å². The van der Waals surface area contributed by atoms with Crippen LogP contribution in [-0.4, -0.2) is 17.2 Å². The van der Waals surface area contributed by atoms with Crippen molar-refractivity contribution < 1.29 is 14.6 Å². The molecule has 0 radical (unpaired) electrons. The SMILES string of the molecule is O=C(O)C1(c2ccc(OC3CC3)c(Br)c2)CCCCC1. The van der Waals surface area contributed by atoms with Gasteiger partial charge >= 0.3 is 5.97 Å². The minimum absolute atomic E-state index is 0.347. The molecule has 0 saturated heterocycles. The van der Waals surface area contributed by atoms with Gasteiger partial charge in [-0.05, 0) is 59.3 Å². The van der Waals surface area contributed by atoms with E-state index in [0.29, 0.717) is 6.10 Å². The molecule has 2 saturated carbocycles. The van der Waals surface area contributed by atoms with Crippen LogP contribution in [0, 0.1) is 0 Å². The Morgan fingerprint density at radius 1 is 1.25 bits per heavy atom. The lowest BCUT2D eigenvalue weighted by atomic mass is 9.69. The van der Waals surface area contributed by atoms with Gasteiger partial charge in [0.05, 0.1) is 16.0 Å². The Labute approximate surface area is 127 Å². The molecule has 0 bridgehead atoms. The van der Waals surface area contributed by atoms with Crippen molar-refractivity contribution in [2.45, 2.75) is 56.5 Å². The van der Waals surface area contributed by atoms with E-state index in [1.165, 1.54) is 0 Å². The minimum Gasteiger partial charge on any atom is -0.489 e. The number of ether oxygens (including phenoxy) is 1. The van der Waals surface area contributed by atoms with Gasteiger partial charge in [0.1, 0.15) is 5.75 Å². The predicted molar refractivity (Wildman–Crippen MR) is 80.2 cm³/mol. The van der Waals surface area contributed by atoms with E-state index in [-0.39, 0.29) is 0 Å². The van der Waals surface area contributed by atoms with Crippen molar-refractivity contribution in [3.63, 3.8) is 0 Å². The molecule has 3 rings (SSSR count). The molecule has 20 heavy (non-hydrogen) atoms. The third-order valence-electron chi connectivity index (χ3n) is 4.42. The van der Waals surface area contributed by atoms with Crippen LogP contribution in [0.1, 0.15) is 50.5 Å². The number of benzene rings is 1. The summed E-state index contributed by atoms with van der Waals surface area (Å²) in [4.78, 5) is 11.8. The second kappa shape index (κ2) is 5.40. The molecule has 1 aromatic carbocycles. The Morgan fingerprint density at radius 2 is 1.95 bits per heavy atom. The van der Waals surface area contributed by atoms with Crippen LogP contribution in [0.2, 0.25) is 0 Å². The molecule has 2 aliphatic rings. The van der Waals surface area contributed by atoms with Crippen molar-refractivity contribution in [2.24, 2.45) is 0 Å². The van der Waals surface area contributed by atoms with E-state index >= 15 is 0 Å². The van der Waals surface area contributed by atoms with Crippen LogP contribution in [0.3, 0.4) is 0 Å². The number of aliphatic carboxylic acids is 1. The van der Waals surface area contributed by atoms with Gasteiger partial charge in [0, 0.05) is 0 Å². The highest BCUT2D eigenvalue weighted by Gasteiger charge is 2.41. The Hall–Kier alpha value is -1.03. The molecule has 108 valence electrons. The van der Waals surface area contributed by atoms with Gasteiger partial charge in [0.2, 0.25) is 0 Å². The number of hydrogen-bond donors (Lipinski definition) is 1. The van der Waals surface area contributed by atoms with E-state index in [1.54, 1.807) is 0 Å². The van der Waals surface area contributed by atoms with E-state index in [2.05, 4.69) is 15.9 Å². The van der Waals surface area contributed by atoms with E-state index in [9.17, 15) is 9.90 Å². The fourth-order valence-electron chi connectivity index (χ4n) is 3.04. The van der Waals surface area contributed by atoms with Crippen LogP contribution < -0.4 is 4.74 Å². The number of rotatable bonds is 4. The molecule has 0 atom stereocenters. The standard InChI is InChI=1S/C16H19BrO3/c17-13-10-11(4-7-14(13)20-12-5-6-12)16(15(18)19)8-2-1-3-9-16/h4,7,10,12H,1-3,5-6,8-9H2,(H,18,19). The van der Waals surface area contributed by atoms with Crippen LogP contribution in [0.15, 0.2) is 22.7 Å². The zero-order valence-corrected chi connectivity index (χ0v) is 13.0. The highest BCUT2D eigenvalue weighted by Crippen LogP contribution is 2.42. The summed E-state index contributed by atoms with van der Waals surface area (Å²) >= 11 is 3.53. The Morgan fingerprint density at radius 3 is 2.50 bits per heavy atom. The summed E-state index contributed by atoms with van der Waals surface area (Å²) < 4.78 is 6.67. The summed E-state index contributed by atoms with van der Waals surface area (Å²) in [5.41, 5.74) is 0.193. The lowest BCUT2D eigenvalue weighted by Gasteiger charge is -2.34. The second-order valence-corrected chi connectivity index (χ2v) is 6.76. The van der Waals surface area contributed by atoms with Crippen LogP contribution in [-0.2, 0) is 10.2 Å². The zero-order chi connectivity index (χ0) is 14.2. The number of hydrogen-bond acceptors (Lipinski definition) is 2. The van der Waals surface area contributed by atoms with Crippen LogP contribution in [0.25, 0.3) is 0 Å². The number of carboxylic acids is 1. The number of carboxylic acid groups (broad SMARTS) is 1. The van der Waals surface area contributed by atoms with E-state index < -0.39 is 11.4 Å². The summed E-state index contributed by atoms with van der Waals surface area (Å²) in [5, 5.41) is 9.71. The first-order valence-electron chi connectivity index (χ1n) is 7.32. The molecule has 2 aliphatic carbocycles. The van der Waals surface area contributed by atoms with Crippen LogP contribution in [0.5, 0.6) is 5.75 Å². The second-order valence-electron chi connectivity index (χ2n) is 5.91. The van der Waals surface area contributed by atoms with Gasteiger partial charge in [-0.3, -0.25) is 4.79 Å². The molecule has 0 heterocycles. The lowest BCUT2D eigenvalue weighted by molar-refractivity contribution is -0.145. The maximum absolute atomic E-state index is 11.8. The van der Waals surface area contributed by atoms with Gasteiger partial charge in [0.25, 0.3) is 0 Å². The van der Waals surface area contributed by atoms with Crippen LogP contribution >= 0.6 is 15.9 Å². The van der Waals surface area contributed by atoms with Gasteiger partial charge in [-0.15, -0.1) is 0 Å². The Bertz CT molecular complexity index is 516. The van der Waals surface area contributed by atoms with E-state index in [4.69, 9.17) is 4.74 Å². The molecule has 0 aliphatic heterocycles. The molecule has 1 aromatic rings. The first kappa shape index (κ1) is 13.9. The minimum atomic E-state index is -0.709. The lowest BCUT2D eigenvalue weighted by Crippen LogP contribution is -2.37. The van der Waals surface area contributed by atoms with Crippen molar-refractivity contribution >= 4 is 21.9 Å². The number of halogens is 1. The normalized spacial score (nSPS) is 21.4. The topological polar surface area (TPSA) is 46.5 Å². The van der Waals surface area contributed by atoms with Crippen molar-refractivity contribution in [3.8, 4) is 5.75 Å². The molecule has 0 aromatic heterocycles. The molecular weight excluding hydrogens is 320 g/mol. The molecule has 4 heteroatoms. The third-order valence-corrected chi connectivity index (χ3v) is 5.04. The Kier molecular flexibility index (Phi) is 3.76. The molecule has 2 fully saturated rings. The summed E-state index contributed by atoms with van der Waals surface area (Å²) in [6, 6.07) is 5.79. The first-order chi connectivity index (χ1) is 9.62. The molecule has 3 nitrogen and oxygen atoms in total. The molecule has 0 spiro atoms. The summed E-state index contributed by atoms with van der Waals surface area (Å²) in [6.45, 7) is 0. The molecule has 0 unspecified atom stereocenters. The highest BCUT2D eigenvalue weighted by molar-refractivity contribution is 9.10. The van der Waals surface area contributed by atoms with Crippen molar-refractivity contribution in [3.05, 3.63) is 28.2 Å². The van der Waals surface area contributed by atoms with Gasteiger partial charge in [-0.25, -0.2) is 0 Å². The fourth-order valence-corrected chi connectivity index (χ4v) is 3.51. The van der Waals surface area contributed by atoms with E-state index in [0.717, 1.165) is 60.7 Å². The average Bonchev–Trinajstić information content (AvgIpc) is 3.25. The van der Waals surface area contributed by atoms with Gasteiger partial charge in [0.15, 0.2) is 0 Å². The van der Waals surface area contributed by atoms with Crippen LogP contribution in [0.4, 0.5) is 0 Å². The van der Waals surface area contributed by atoms with E-state index in [1.807, 2.05) is 18.2 Å². The molecule has 0 amide bonds. The number of carbonyl (C=O) groups is 1. The maximum Gasteiger partial charge on any atom is 0.314 e.